The number of carbonyl (C=O) groups excluding carboxylic acids is 1. The number of aryl methyl sites for hydroxylation is 2. The second-order valence-corrected chi connectivity index (χ2v) is 5.37. The monoisotopic (exact) mass is 338 g/mol. The summed E-state index contributed by atoms with van der Waals surface area (Å²) in [4.78, 5) is 30.8. The van der Waals surface area contributed by atoms with Gasteiger partial charge in [0.15, 0.2) is 0 Å². The number of nitrogens with one attached hydrogen (secondary N) is 1. The molecule has 0 radical (unpaired) electrons. The molecule has 0 unspecified atom stereocenters. The van der Waals surface area contributed by atoms with Gasteiger partial charge in [-0.25, -0.2) is 14.6 Å². The number of non-ortho nitro benzene ring substituents is 1. The van der Waals surface area contributed by atoms with E-state index in [-0.39, 0.29) is 11.3 Å². The van der Waals surface area contributed by atoms with Gasteiger partial charge in [0.2, 0.25) is 0 Å². The molecule has 2 heterocycles. The highest BCUT2D eigenvalue weighted by atomic mass is 16.6. The summed E-state index contributed by atoms with van der Waals surface area (Å²) < 4.78 is 1.60. The second-order valence-electron chi connectivity index (χ2n) is 5.37. The van der Waals surface area contributed by atoms with E-state index in [1.165, 1.54) is 36.7 Å². The number of carbonyl (C=O) groups is 1. The number of nitrogens with zero attached hydrogens (tertiary/aromatic N) is 5. The zero-order valence-electron chi connectivity index (χ0n) is 13.5. The Morgan fingerprint density at radius 2 is 1.92 bits per heavy atom. The lowest BCUT2D eigenvalue weighted by Gasteiger charge is -2.06. The van der Waals surface area contributed by atoms with Gasteiger partial charge in [0.25, 0.3) is 17.5 Å². The molecule has 0 spiro atoms. The number of hydrogen-bond donors (Lipinski definition) is 1. The summed E-state index contributed by atoms with van der Waals surface area (Å²) in [5.41, 5.74) is 2.15. The van der Waals surface area contributed by atoms with Crippen LogP contribution in [0.1, 0.15) is 21.7 Å². The number of nitro benzene ring substituents is 1. The van der Waals surface area contributed by atoms with Gasteiger partial charge in [-0.05, 0) is 26.0 Å². The van der Waals surface area contributed by atoms with Crippen molar-refractivity contribution in [3.05, 3.63) is 69.8 Å². The molecule has 9 heteroatoms. The van der Waals surface area contributed by atoms with Crippen LogP contribution in [-0.4, -0.2) is 30.6 Å². The van der Waals surface area contributed by atoms with E-state index in [2.05, 4.69) is 20.4 Å². The van der Waals surface area contributed by atoms with E-state index in [0.717, 1.165) is 11.4 Å². The topological polar surface area (TPSA) is 116 Å². The molecule has 2 aromatic heterocycles. The normalized spacial score (nSPS) is 10.5. The molecule has 25 heavy (non-hydrogen) atoms. The first-order valence-corrected chi connectivity index (χ1v) is 7.35. The van der Waals surface area contributed by atoms with Gasteiger partial charge in [-0.15, -0.1) is 0 Å². The smallest absolute Gasteiger partial charge is 0.270 e. The Morgan fingerprint density at radius 1 is 1.20 bits per heavy atom. The first kappa shape index (κ1) is 16.2. The summed E-state index contributed by atoms with van der Waals surface area (Å²) in [6.45, 7) is 3.76. The van der Waals surface area contributed by atoms with Gasteiger partial charge in [-0.2, -0.15) is 5.10 Å². The zero-order valence-corrected chi connectivity index (χ0v) is 13.5. The van der Waals surface area contributed by atoms with E-state index in [1.54, 1.807) is 4.68 Å². The number of amides is 1. The van der Waals surface area contributed by atoms with Crippen LogP contribution in [0.5, 0.6) is 0 Å². The lowest BCUT2D eigenvalue weighted by atomic mass is 10.2. The third-order valence-electron chi connectivity index (χ3n) is 3.41. The van der Waals surface area contributed by atoms with Crippen molar-refractivity contribution in [3.8, 4) is 5.95 Å². The van der Waals surface area contributed by atoms with E-state index in [9.17, 15) is 14.9 Å². The SMILES string of the molecule is Cc1cc(C)n(-c2ncc(NC(=O)c3cccc([N+](=O)[O-])c3)cn2)n1. The van der Waals surface area contributed by atoms with Crippen molar-refractivity contribution in [2.45, 2.75) is 13.8 Å². The van der Waals surface area contributed by atoms with E-state index in [0.29, 0.717) is 11.6 Å². The highest BCUT2D eigenvalue weighted by molar-refractivity contribution is 6.04. The first-order valence-electron chi connectivity index (χ1n) is 7.35. The number of anilines is 1. The van der Waals surface area contributed by atoms with Crippen LogP contribution >= 0.6 is 0 Å². The van der Waals surface area contributed by atoms with Crippen molar-refractivity contribution >= 4 is 17.3 Å². The van der Waals surface area contributed by atoms with E-state index >= 15 is 0 Å². The Bertz CT molecular complexity index is 949. The minimum absolute atomic E-state index is 0.149. The predicted molar refractivity (Wildman–Crippen MR) is 89.7 cm³/mol. The maximum Gasteiger partial charge on any atom is 0.270 e. The van der Waals surface area contributed by atoms with Crippen LogP contribution in [0, 0.1) is 24.0 Å². The zero-order chi connectivity index (χ0) is 18.0. The number of aromatic nitrogens is 4. The first-order chi connectivity index (χ1) is 11.9. The average Bonchev–Trinajstić information content (AvgIpc) is 2.94. The molecule has 1 aromatic carbocycles. The van der Waals surface area contributed by atoms with E-state index in [1.807, 2.05) is 19.9 Å². The van der Waals surface area contributed by atoms with Gasteiger partial charge in [-0.1, -0.05) is 6.07 Å². The third-order valence-corrected chi connectivity index (χ3v) is 3.41. The Morgan fingerprint density at radius 3 is 2.52 bits per heavy atom. The van der Waals surface area contributed by atoms with E-state index < -0.39 is 10.8 Å². The summed E-state index contributed by atoms with van der Waals surface area (Å²) in [5.74, 6) is -0.0925. The summed E-state index contributed by atoms with van der Waals surface area (Å²) in [6.07, 6.45) is 2.90. The van der Waals surface area contributed by atoms with Crippen molar-refractivity contribution in [2.24, 2.45) is 0 Å². The van der Waals surface area contributed by atoms with Gasteiger partial charge in [0.05, 0.1) is 28.7 Å². The fourth-order valence-corrected chi connectivity index (χ4v) is 2.29. The highest BCUT2D eigenvalue weighted by Gasteiger charge is 2.12. The summed E-state index contributed by atoms with van der Waals surface area (Å²) in [6, 6.07) is 7.38. The lowest BCUT2D eigenvalue weighted by molar-refractivity contribution is -0.384. The lowest BCUT2D eigenvalue weighted by Crippen LogP contribution is -2.13. The molecule has 0 aliphatic heterocycles. The molecule has 1 amide bonds. The van der Waals surface area contributed by atoms with Crippen LogP contribution in [0.4, 0.5) is 11.4 Å². The number of benzene rings is 1. The van der Waals surface area contributed by atoms with Gasteiger partial charge in [0.1, 0.15) is 0 Å². The molecular weight excluding hydrogens is 324 g/mol. The van der Waals surface area contributed by atoms with Gasteiger partial charge in [-0.3, -0.25) is 14.9 Å². The largest absolute Gasteiger partial charge is 0.319 e. The number of rotatable bonds is 4. The van der Waals surface area contributed by atoms with Crippen molar-refractivity contribution in [3.63, 3.8) is 0 Å². The molecule has 9 nitrogen and oxygen atoms in total. The predicted octanol–water partition coefficient (Wildman–Crippen LogP) is 2.44. The molecule has 1 N–H and O–H groups in total. The molecular formula is C16H14N6O3. The quantitative estimate of drug-likeness (QED) is 0.577. The minimum Gasteiger partial charge on any atom is -0.319 e. The number of nitro groups is 1. The number of hydrogen-bond acceptors (Lipinski definition) is 6. The molecule has 0 aliphatic carbocycles. The van der Waals surface area contributed by atoms with Crippen LogP contribution < -0.4 is 5.32 Å². The van der Waals surface area contributed by atoms with Crippen molar-refractivity contribution in [2.75, 3.05) is 5.32 Å². The highest BCUT2D eigenvalue weighted by Crippen LogP contribution is 2.15. The van der Waals surface area contributed by atoms with Crippen LogP contribution in [0.3, 0.4) is 0 Å². The van der Waals surface area contributed by atoms with Crippen LogP contribution in [0.2, 0.25) is 0 Å². The van der Waals surface area contributed by atoms with Gasteiger partial charge < -0.3 is 5.32 Å². The molecule has 0 saturated heterocycles. The third kappa shape index (κ3) is 3.50. The molecule has 3 rings (SSSR count). The summed E-state index contributed by atoms with van der Waals surface area (Å²) >= 11 is 0. The van der Waals surface area contributed by atoms with Crippen LogP contribution in [-0.2, 0) is 0 Å². The van der Waals surface area contributed by atoms with Gasteiger partial charge >= 0.3 is 0 Å². The van der Waals surface area contributed by atoms with Crippen molar-refractivity contribution < 1.29 is 9.72 Å². The molecule has 0 atom stereocenters. The molecule has 126 valence electrons. The summed E-state index contributed by atoms with van der Waals surface area (Å²) in [7, 11) is 0. The molecule has 0 fully saturated rings. The molecule has 0 aliphatic rings. The standard InChI is InChI=1S/C16H14N6O3/c1-10-6-11(2)21(20-10)16-17-8-13(9-18-16)19-15(23)12-4-3-5-14(7-12)22(24)25/h3-9H,1-2H3,(H,19,23). The van der Waals surface area contributed by atoms with Gasteiger partial charge in [0, 0.05) is 23.4 Å². The minimum atomic E-state index is -0.552. The van der Waals surface area contributed by atoms with Crippen molar-refractivity contribution in [1.29, 1.82) is 0 Å². The summed E-state index contributed by atoms with van der Waals surface area (Å²) in [5, 5.41) is 17.7. The Kier molecular flexibility index (Phi) is 4.21. The molecule has 0 bridgehead atoms. The maximum absolute atomic E-state index is 12.2. The fourth-order valence-electron chi connectivity index (χ4n) is 2.29. The molecule has 3 aromatic rings. The second kappa shape index (κ2) is 6.48. The Balaban J connectivity index is 1.77. The molecule has 0 saturated carbocycles. The average molecular weight is 338 g/mol. The Labute approximate surface area is 142 Å². The van der Waals surface area contributed by atoms with Crippen molar-refractivity contribution in [1.82, 2.24) is 19.7 Å². The van der Waals surface area contributed by atoms with Crippen LogP contribution in [0.25, 0.3) is 5.95 Å². The Hall–Kier alpha value is -3.62. The maximum atomic E-state index is 12.2. The fraction of sp³-hybridized carbons (Fsp3) is 0.125. The van der Waals surface area contributed by atoms with Crippen LogP contribution in [0.15, 0.2) is 42.7 Å². The van der Waals surface area contributed by atoms with E-state index in [4.69, 9.17) is 0 Å².